The maximum Gasteiger partial charge on any atom is 0.407 e. The van der Waals surface area contributed by atoms with E-state index in [1.165, 1.54) is 6.92 Å². The average Bonchev–Trinajstić information content (AvgIpc) is 3.09. The Kier molecular flexibility index (Phi) is 7.28. The van der Waals surface area contributed by atoms with E-state index in [0.717, 1.165) is 22.3 Å². The van der Waals surface area contributed by atoms with Crippen molar-refractivity contribution in [2.45, 2.75) is 39.2 Å². The number of benzene rings is 2. The van der Waals surface area contributed by atoms with Crippen LogP contribution in [0.4, 0.5) is 4.79 Å². The van der Waals surface area contributed by atoms with E-state index >= 15 is 0 Å². The van der Waals surface area contributed by atoms with Crippen LogP contribution >= 0.6 is 0 Å². The van der Waals surface area contributed by atoms with Crippen LogP contribution in [0.2, 0.25) is 0 Å². The quantitative estimate of drug-likeness (QED) is 0.499. The Hall–Kier alpha value is -3.35. The minimum Gasteiger partial charge on any atom is -0.449 e. The number of fused-ring (bicyclic) bond motifs is 3. The maximum absolute atomic E-state index is 12.5. The first-order chi connectivity index (χ1) is 14.9. The van der Waals surface area contributed by atoms with E-state index in [4.69, 9.17) is 9.47 Å². The molecule has 7 heteroatoms. The first-order valence-corrected chi connectivity index (χ1v) is 10.4. The van der Waals surface area contributed by atoms with Gasteiger partial charge in [-0.05, 0) is 28.2 Å². The molecule has 31 heavy (non-hydrogen) atoms. The molecule has 0 spiro atoms. The highest BCUT2D eigenvalue weighted by molar-refractivity contribution is 5.86. The van der Waals surface area contributed by atoms with Gasteiger partial charge in [-0.1, -0.05) is 68.8 Å². The predicted octanol–water partition coefficient (Wildman–Crippen LogP) is 3.58. The van der Waals surface area contributed by atoms with Gasteiger partial charge in [0.25, 0.3) is 0 Å². The lowest BCUT2D eigenvalue weighted by Gasteiger charge is -2.23. The van der Waals surface area contributed by atoms with E-state index < -0.39 is 24.0 Å². The smallest absolute Gasteiger partial charge is 0.407 e. The van der Waals surface area contributed by atoms with Crippen molar-refractivity contribution in [2.75, 3.05) is 13.3 Å². The van der Waals surface area contributed by atoms with Gasteiger partial charge in [-0.2, -0.15) is 0 Å². The van der Waals surface area contributed by atoms with Crippen LogP contribution in [0.25, 0.3) is 11.1 Å². The van der Waals surface area contributed by atoms with Crippen molar-refractivity contribution in [3.63, 3.8) is 0 Å². The first-order valence-electron chi connectivity index (χ1n) is 10.4. The van der Waals surface area contributed by atoms with Crippen molar-refractivity contribution in [2.24, 2.45) is 5.92 Å². The molecule has 2 aromatic carbocycles. The van der Waals surface area contributed by atoms with E-state index in [1.54, 1.807) is 0 Å². The maximum atomic E-state index is 12.5. The summed E-state index contributed by atoms with van der Waals surface area (Å²) < 4.78 is 10.3. The van der Waals surface area contributed by atoms with Gasteiger partial charge in [0.15, 0.2) is 6.73 Å². The van der Waals surface area contributed by atoms with Gasteiger partial charge in [0.1, 0.15) is 12.6 Å². The van der Waals surface area contributed by atoms with Gasteiger partial charge in [0.05, 0.1) is 0 Å². The lowest BCUT2D eigenvalue weighted by molar-refractivity contribution is -0.143. The average molecular weight is 424 g/mol. The molecule has 3 rings (SSSR count). The summed E-state index contributed by atoms with van der Waals surface area (Å²) in [4.78, 5) is 35.9. The second kappa shape index (κ2) is 10.1. The fourth-order valence-corrected chi connectivity index (χ4v) is 3.79. The van der Waals surface area contributed by atoms with Gasteiger partial charge in [0.2, 0.25) is 5.91 Å². The van der Waals surface area contributed by atoms with Crippen LogP contribution in [0.1, 0.15) is 44.2 Å². The van der Waals surface area contributed by atoms with Gasteiger partial charge < -0.3 is 20.1 Å². The molecule has 2 aromatic rings. The Morgan fingerprint density at radius 3 is 2.10 bits per heavy atom. The molecule has 0 heterocycles. The molecule has 0 saturated heterocycles. The highest BCUT2D eigenvalue weighted by Gasteiger charge is 2.30. The van der Waals surface area contributed by atoms with E-state index in [2.05, 4.69) is 22.8 Å². The normalized spacial score (nSPS) is 14.0. The number of rotatable bonds is 8. The Morgan fingerprint density at radius 2 is 1.55 bits per heavy atom. The van der Waals surface area contributed by atoms with E-state index in [0.29, 0.717) is 6.42 Å². The van der Waals surface area contributed by atoms with E-state index in [-0.39, 0.29) is 25.2 Å². The number of ether oxygens (including phenoxy) is 2. The Bertz CT molecular complexity index is 913. The third kappa shape index (κ3) is 5.23. The molecule has 164 valence electrons. The lowest BCUT2D eigenvalue weighted by atomic mass is 9.98. The van der Waals surface area contributed by atoms with Crippen LogP contribution in [-0.4, -0.2) is 37.3 Å². The van der Waals surface area contributed by atoms with Crippen LogP contribution in [0, 0.1) is 5.92 Å². The second-order valence-corrected chi connectivity index (χ2v) is 7.65. The van der Waals surface area contributed by atoms with Crippen LogP contribution in [0.5, 0.6) is 0 Å². The summed E-state index contributed by atoms with van der Waals surface area (Å²) in [7, 11) is 0. The Labute approximate surface area is 182 Å². The van der Waals surface area contributed by atoms with Crippen LogP contribution in [0.3, 0.4) is 0 Å². The molecule has 0 aliphatic heterocycles. The molecule has 1 aliphatic carbocycles. The van der Waals surface area contributed by atoms with Crippen molar-refractivity contribution in [3.8, 4) is 11.1 Å². The number of amides is 2. The van der Waals surface area contributed by atoms with Crippen molar-refractivity contribution >= 4 is 18.0 Å². The minimum absolute atomic E-state index is 0.0574. The van der Waals surface area contributed by atoms with Crippen molar-refractivity contribution in [1.29, 1.82) is 0 Å². The molecule has 0 saturated carbocycles. The van der Waals surface area contributed by atoms with Gasteiger partial charge in [0, 0.05) is 12.8 Å². The molecular weight excluding hydrogens is 396 g/mol. The van der Waals surface area contributed by atoms with Crippen molar-refractivity contribution in [1.82, 2.24) is 10.6 Å². The molecule has 7 nitrogen and oxygen atoms in total. The number of nitrogens with one attached hydrogen (secondary N) is 2. The molecule has 0 bridgehead atoms. The van der Waals surface area contributed by atoms with E-state index in [1.807, 2.05) is 50.2 Å². The highest BCUT2D eigenvalue weighted by atomic mass is 16.6. The summed E-state index contributed by atoms with van der Waals surface area (Å²) in [6, 6.07) is 15.4. The number of carbonyl (C=O) groups is 3. The zero-order valence-corrected chi connectivity index (χ0v) is 18.0. The van der Waals surface area contributed by atoms with Gasteiger partial charge >= 0.3 is 12.1 Å². The number of carbonyl (C=O) groups excluding carboxylic acids is 3. The molecule has 0 radical (unpaired) electrons. The van der Waals surface area contributed by atoms with Gasteiger partial charge in [-0.3, -0.25) is 9.59 Å². The number of alkyl carbamates (subject to hydrolysis) is 1. The zero-order chi connectivity index (χ0) is 22.4. The third-order valence-electron chi connectivity index (χ3n) is 5.63. The Balaban J connectivity index is 1.64. The summed E-state index contributed by atoms with van der Waals surface area (Å²) in [6.07, 6.45) is 0.0183. The molecular formula is C24H28N2O5. The monoisotopic (exact) mass is 424 g/mol. The molecule has 1 aliphatic rings. The standard InChI is InChI=1S/C24H28N2O5/c1-4-15(2)22(23(28)25-14-31-16(3)27)26-24(29)30-13-21-19-11-7-5-9-17(19)18-10-6-8-12-20(18)21/h5-12,15,21-22H,4,13-14H2,1-3H3,(H,25,28)(H,26,29)/t15-,22-/m0/s1. The van der Waals surface area contributed by atoms with Crippen LogP contribution < -0.4 is 10.6 Å². The molecule has 2 N–H and O–H groups in total. The number of hydrogen-bond acceptors (Lipinski definition) is 5. The van der Waals surface area contributed by atoms with Crippen LogP contribution in [0.15, 0.2) is 48.5 Å². The van der Waals surface area contributed by atoms with Gasteiger partial charge in [-0.25, -0.2) is 4.79 Å². The third-order valence-corrected chi connectivity index (χ3v) is 5.63. The minimum atomic E-state index is -0.795. The largest absolute Gasteiger partial charge is 0.449 e. The van der Waals surface area contributed by atoms with Crippen molar-refractivity contribution < 1.29 is 23.9 Å². The summed E-state index contributed by atoms with van der Waals surface area (Å²) in [5, 5.41) is 5.17. The molecule has 0 aromatic heterocycles. The second-order valence-electron chi connectivity index (χ2n) is 7.65. The lowest BCUT2D eigenvalue weighted by Crippen LogP contribution is -2.51. The molecule has 0 fully saturated rings. The zero-order valence-electron chi connectivity index (χ0n) is 18.0. The van der Waals surface area contributed by atoms with E-state index in [9.17, 15) is 14.4 Å². The summed E-state index contributed by atoms with van der Waals surface area (Å²) >= 11 is 0. The van der Waals surface area contributed by atoms with Crippen LogP contribution in [-0.2, 0) is 19.1 Å². The SMILES string of the molecule is CC[C@H](C)[C@H](NC(=O)OCC1c2ccccc2-c2ccccc21)C(=O)NCOC(C)=O. The highest BCUT2D eigenvalue weighted by Crippen LogP contribution is 2.44. The Morgan fingerprint density at radius 1 is 0.968 bits per heavy atom. The number of esters is 1. The predicted molar refractivity (Wildman–Crippen MR) is 116 cm³/mol. The molecule has 2 atom stereocenters. The van der Waals surface area contributed by atoms with Gasteiger partial charge in [-0.15, -0.1) is 0 Å². The van der Waals surface area contributed by atoms with Crippen molar-refractivity contribution in [3.05, 3.63) is 59.7 Å². The number of hydrogen-bond donors (Lipinski definition) is 2. The molecule has 2 amide bonds. The first kappa shape index (κ1) is 22.3. The molecule has 0 unspecified atom stereocenters. The summed E-state index contributed by atoms with van der Waals surface area (Å²) in [5.41, 5.74) is 4.53. The summed E-state index contributed by atoms with van der Waals surface area (Å²) in [6.45, 7) is 4.97. The fourth-order valence-electron chi connectivity index (χ4n) is 3.79. The topological polar surface area (TPSA) is 93.7 Å². The fraction of sp³-hybridized carbons (Fsp3) is 0.375. The summed E-state index contributed by atoms with van der Waals surface area (Å²) in [5.74, 6) is -1.11.